The number of fused-ring (bicyclic) bond motifs is 1. The smallest absolute Gasteiger partial charge is 0.137 e. The SMILES string of the molecule is Cl.Fc1ccc(CN2CCC3CNCC3C2)cc1Br. The van der Waals surface area contributed by atoms with E-state index in [4.69, 9.17) is 0 Å². The zero-order valence-electron chi connectivity index (χ0n) is 10.7. The minimum Gasteiger partial charge on any atom is -0.316 e. The molecule has 2 atom stereocenters. The molecule has 2 saturated heterocycles. The lowest BCUT2D eigenvalue weighted by molar-refractivity contribution is 0.142. The molecule has 2 aliphatic rings. The Labute approximate surface area is 128 Å². The van der Waals surface area contributed by atoms with Crippen LogP contribution in [0.3, 0.4) is 0 Å². The number of nitrogens with zero attached hydrogens (tertiary/aromatic N) is 1. The zero-order valence-corrected chi connectivity index (χ0v) is 13.1. The first-order valence-electron chi connectivity index (χ1n) is 6.59. The molecule has 2 fully saturated rings. The molecule has 19 heavy (non-hydrogen) atoms. The van der Waals surface area contributed by atoms with E-state index >= 15 is 0 Å². The predicted molar refractivity (Wildman–Crippen MR) is 81.1 cm³/mol. The fraction of sp³-hybridized carbons (Fsp3) is 0.571. The van der Waals surface area contributed by atoms with Crippen LogP contribution < -0.4 is 5.32 Å². The first-order valence-corrected chi connectivity index (χ1v) is 7.38. The van der Waals surface area contributed by atoms with Crippen molar-refractivity contribution < 1.29 is 4.39 Å². The molecule has 0 radical (unpaired) electrons. The van der Waals surface area contributed by atoms with Crippen molar-refractivity contribution in [2.45, 2.75) is 13.0 Å². The van der Waals surface area contributed by atoms with Gasteiger partial charge in [0.1, 0.15) is 5.82 Å². The summed E-state index contributed by atoms with van der Waals surface area (Å²) in [5.74, 6) is 1.50. The van der Waals surface area contributed by atoms with Crippen molar-refractivity contribution >= 4 is 28.3 Å². The molecule has 2 aliphatic heterocycles. The van der Waals surface area contributed by atoms with Crippen LogP contribution in [0.25, 0.3) is 0 Å². The molecule has 2 unspecified atom stereocenters. The molecule has 0 spiro atoms. The van der Waals surface area contributed by atoms with Crippen LogP contribution >= 0.6 is 28.3 Å². The summed E-state index contributed by atoms with van der Waals surface area (Å²) in [6.45, 7) is 5.63. The van der Waals surface area contributed by atoms with Gasteiger partial charge in [0.05, 0.1) is 4.47 Å². The highest BCUT2D eigenvalue weighted by Gasteiger charge is 2.32. The first-order chi connectivity index (χ1) is 8.72. The van der Waals surface area contributed by atoms with E-state index < -0.39 is 0 Å². The number of piperidine rings is 1. The van der Waals surface area contributed by atoms with Gasteiger partial charge >= 0.3 is 0 Å². The number of hydrogen-bond donors (Lipinski definition) is 1. The molecular formula is C14H19BrClFN2. The second-order valence-electron chi connectivity index (χ2n) is 5.45. The number of halogens is 3. The van der Waals surface area contributed by atoms with Gasteiger partial charge in [-0.25, -0.2) is 4.39 Å². The van der Waals surface area contributed by atoms with Crippen LogP contribution in [0, 0.1) is 17.7 Å². The lowest BCUT2D eigenvalue weighted by Gasteiger charge is -2.34. The molecule has 0 aromatic heterocycles. The van der Waals surface area contributed by atoms with E-state index in [2.05, 4.69) is 26.1 Å². The van der Waals surface area contributed by atoms with E-state index in [1.807, 2.05) is 12.1 Å². The second-order valence-corrected chi connectivity index (χ2v) is 6.30. The Bertz CT molecular complexity index is 443. The summed E-state index contributed by atoms with van der Waals surface area (Å²) in [7, 11) is 0. The highest BCUT2D eigenvalue weighted by molar-refractivity contribution is 9.10. The molecule has 5 heteroatoms. The largest absolute Gasteiger partial charge is 0.316 e. The first kappa shape index (κ1) is 15.2. The fourth-order valence-electron chi connectivity index (χ4n) is 3.15. The van der Waals surface area contributed by atoms with Crippen molar-refractivity contribution in [1.29, 1.82) is 0 Å². The third kappa shape index (κ3) is 3.48. The lowest BCUT2D eigenvalue weighted by Crippen LogP contribution is -2.39. The van der Waals surface area contributed by atoms with Gasteiger partial charge in [-0.3, -0.25) is 4.90 Å². The summed E-state index contributed by atoms with van der Waals surface area (Å²) in [4.78, 5) is 2.49. The summed E-state index contributed by atoms with van der Waals surface area (Å²) in [5, 5.41) is 3.48. The van der Waals surface area contributed by atoms with Gasteiger partial charge in [-0.1, -0.05) is 6.07 Å². The molecule has 1 aromatic rings. The summed E-state index contributed by atoms with van der Waals surface area (Å²) in [6, 6.07) is 5.33. The Balaban J connectivity index is 0.00000133. The molecule has 1 N–H and O–H groups in total. The summed E-state index contributed by atoms with van der Waals surface area (Å²) >= 11 is 3.25. The minimum atomic E-state index is -0.183. The fourth-order valence-corrected chi connectivity index (χ4v) is 3.58. The summed E-state index contributed by atoms with van der Waals surface area (Å²) < 4.78 is 13.8. The number of benzene rings is 1. The monoisotopic (exact) mass is 348 g/mol. The molecule has 3 rings (SSSR count). The third-order valence-electron chi connectivity index (χ3n) is 4.18. The molecule has 0 aliphatic carbocycles. The van der Waals surface area contributed by atoms with Crippen molar-refractivity contribution in [2.24, 2.45) is 11.8 Å². The van der Waals surface area contributed by atoms with Gasteiger partial charge in [0, 0.05) is 13.1 Å². The average molecular weight is 350 g/mol. The van der Waals surface area contributed by atoms with Crippen LogP contribution in [0.1, 0.15) is 12.0 Å². The minimum absolute atomic E-state index is 0. The Morgan fingerprint density at radius 3 is 2.89 bits per heavy atom. The van der Waals surface area contributed by atoms with E-state index in [0.29, 0.717) is 4.47 Å². The molecule has 1 aromatic carbocycles. The molecule has 0 bridgehead atoms. The number of rotatable bonds is 2. The topological polar surface area (TPSA) is 15.3 Å². The van der Waals surface area contributed by atoms with Crippen LogP contribution in [-0.4, -0.2) is 31.1 Å². The third-order valence-corrected chi connectivity index (χ3v) is 4.79. The Morgan fingerprint density at radius 1 is 1.32 bits per heavy atom. The van der Waals surface area contributed by atoms with Crippen LogP contribution in [0.2, 0.25) is 0 Å². The maximum Gasteiger partial charge on any atom is 0.137 e. The van der Waals surface area contributed by atoms with Crippen LogP contribution in [0.4, 0.5) is 4.39 Å². The number of nitrogens with one attached hydrogen (secondary N) is 1. The molecule has 2 heterocycles. The van der Waals surface area contributed by atoms with Gasteiger partial charge < -0.3 is 5.32 Å². The average Bonchev–Trinajstić information content (AvgIpc) is 2.81. The Kier molecular flexibility index (Phi) is 5.23. The molecule has 106 valence electrons. The Morgan fingerprint density at radius 2 is 2.11 bits per heavy atom. The van der Waals surface area contributed by atoms with Crippen molar-refractivity contribution in [3.8, 4) is 0 Å². The standard InChI is InChI=1S/C14H18BrFN2.ClH/c15-13-5-10(1-2-14(13)16)8-18-4-3-11-6-17-7-12(11)9-18;/h1-2,5,11-12,17H,3-4,6-9H2;1H. The normalized spacial score (nSPS) is 26.8. The maximum absolute atomic E-state index is 13.2. The van der Waals surface area contributed by atoms with E-state index in [1.54, 1.807) is 6.07 Å². The van der Waals surface area contributed by atoms with Gasteiger partial charge in [-0.2, -0.15) is 0 Å². The van der Waals surface area contributed by atoms with E-state index in [-0.39, 0.29) is 18.2 Å². The van der Waals surface area contributed by atoms with Gasteiger partial charge in [-0.15, -0.1) is 12.4 Å². The van der Waals surface area contributed by atoms with Gasteiger partial charge in [-0.05, 0) is 71.5 Å². The number of likely N-dealkylation sites (tertiary alicyclic amines) is 1. The predicted octanol–water partition coefficient (Wildman–Crippen LogP) is 3.05. The van der Waals surface area contributed by atoms with Gasteiger partial charge in [0.25, 0.3) is 0 Å². The van der Waals surface area contributed by atoms with E-state index in [0.717, 1.165) is 31.5 Å². The second kappa shape index (κ2) is 6.53. The quantitative estimate of drug-likeness (QED) is 0.883. The highest BCUT2D eigenvalue weighted by atomic mass is 79.9. The molecular weight excluding hydrogens is 331 g/mol. The summed E-state index contributed by atoms with van der Waals surface area (Å²) in [6.07, 6.45) is 1.29. The van der Waals surface area contributed by atoms with Crippen molar-refractivity contribution in [2.75, 3.05) is 26.2 Å². The van der Waals surface area contributed by atoms with Crippen molar-refractivity contribution in [1.82, 2.24) is 10.2 Å². The van der Waals surface area contributed by atoms with Gasteiger partial charge in [0.2, 0.25) is 0 Å². The molecule has 2 nitrogen and oxygen atoms in total. The highest BCUT2D eigenvalue weighted by Crippen LogP contribution is 2.27. The Hall–Kier alpha value is -0.160. The van der Waals surface area contributed by atoms with E-state index in [9.17, 15) is 4.39 Å². The molecule has 0 saturated carbocycles. The number of hydrogen-bond acceptors (Lipinski definition) is 2. The van der Waals surface area contributed by atoms with Crippen LogP contribution in [0.5, 0.6) is 0 Å². The van der Waals surface area contributed by atoms with Crippen molar-refractivity contribution in [3.63, 3.8) is 0 Å². The maximum atomic E-state index is 13.2. The van der Waals surface area contributed by atoms with E-state index in [1.165, 1.54) is 25.1 Å². The summed E-state index contributed by atoms with van der Waals surface area (Å²) in [5.41, 5.74) is 1.19. The van der Waals surface area contributed by atoms with Crippen LogP contribution in [0.15, 0.2) is 22.7 Å². The van der Waals surface area contributed by atoms with Crippen LogP contribution in [-0.2, 0) is 6.54 Å². The zero-order chi connectivity index (χ0) is 12.5. The lowest BCUT2D eigenvalue weighted by atomic mass is 9.88. The van der Waals surface area contributed by atoms with Crippen molar-refractivity contribution in [3.05, 3.63) is 34.1 Å². The molecule has 0 amide bonds. The van der Waals surface area contributed by atoms with Gasteiger partial charge in [0.15, 0.2) is 0 Å².